The van der Waals surface area contributed by atoms with Crippen LogP contribution < -0.4 is 15.4 Å². The van der Waals surface area contributed by atoms with Gasteiger partial charge < -0.3 is 20.1 Å². The lowest BCUT2D eigenvalue weighted by Crippen LogP contribution is -2.38. The van der Waals surface area contributed by atoms with Crippen LogP contribution in [0.4, 0.5) is 15.8 Å². The van der Waals surface area contributed by atoms with Crippen molar-refractivity contribution in [2.45, 2.75) is 0 Å². The van der Waals surface area contributed by atoms with E-state index < -0.39 is 0 Å². The number of benzene rings is 2. The highest BCUT2D eigenvalue weighted by atomic mass is 35.5. The fourth-order valence-corrected chi connectivity index (χ4v) is 3.96. The van der Waals surface area contributed by atoms with Gasteiger partial charge in [-0.3, -0.25) is 14.4 Å². The zero-order valence-electron chi connectivity index (χ0n) is 18.9. The molecule has 2 N–H and O–H groups in total. The summed E-state index contributed by atoms with van der Waals surface area (Å²) < 4.78 is 26.2. The number of ether oxygens (including phenoxy) is 2. The fourth-order valence-electron chi connectivity index (χ4n) is 3.70. The number of aromatic nitrogens is 2. The summed E-state index contributed by atoms with van der Waals surface area (Å²) in [6.07, 6.45) is 1.58. The number of nitrogens with one attached hydrogen (secondary N) is 2. The van der Waals surface area contributed by atoms with E-state index in [1.807, 2.05) is 12.1 Å². The first-order chi connectivity index (χ1) is 16.5. The van der Waals surface area contributed by atoms with Crippen LogP contribution in [-0.2, 0) is 16.6 Å². The van der Waals surface area contributed by atoms with Crippen LogP contribution >= 0.6 is 11.6 Å². The molecule has 4 rings (SSSR count). The van der Waals surface area contributed by atoms with Crippen molar-refractivity contribution in [1.29, 1.82) is 0 Å². The number of hydrogen-bond acceptors (Lipinski definition) is 6. The maximum absolute atomic E-state index is 13.0. The van der Waals surface area contributed by atoms with Crippen molar-refractivity contribution in [2.24, 2.45) is 7.05 Å². The maximum Gasteiger partial charge on any atom is 0.243 e. The zero-order valence-corrected chi connectivity index (χ0v) is 19.6. The normalized spacial score (nSPS) is 14.1. The van der Waals surface area contributed by atoms with E-state index >= 15 is 0 Å². The van der Waals surface area contributed by atoms with Gasteiger partial charge in [0.25, 0.3) is 0 Å². The van der Waals surface area contributed by atoms with E-state index in [-0.39, 0.29) is 18.3 Å². The molecule has 1 fully saturated rings. The van der Waals surface area contributed by atoms with Crippen LogP contribution in [0.2, 0.25) is 5.02 Å². The number of rotatable bonds is 9. The Morgan fingerprint density at radius 2 is 1.91 bits per heavy atom. The SMILES string of the molecule is Cn1ncc(Cl)c1-c1cc(NC(=O)CNc2ccc(F)cc2)ccc1OCCN1CCOCC1. The van der Waals surface area contributed by atoms with Crippen LogP contribution in [-0.4, -0.2) is 66.6 Å². The Balaban J connectivity index is 1.45. The molecule has 0 spiro atoms. The van der Waals surface area contributed by atoms with Gasteiger partial charge in [-0.2, -0.15) is 5.10 Å². The Hall–Kier alpha value is -3.14. The van der Waals surface area contributed by atoms with Gasteiger partial charge in [0, 0.05) is 43.6 Å². The molecule has 1 aromatic heterocycles. The van der Waals surface area contributed by atoms with Gasteiger partial charge in [0.15, 0.2) is 0 Å². The zero-order chi connectivity index (χ0) is 23.9. The van der Waals surface area contributed by atoms with E-state index in [1.165, 1.54) is 12.1 Å². The fraction of sp³-hybridized carbons (Fsp3) is 0.333. The molecule has 1 aliphatic rings. The summed E-state index contributed by atoms with van der Waals surface area (Å²) in [7, 11) is 1.80. The van der Waals surface area contributed by atoms with E-state index in [1.54, 1.807) is 36.1 Å². The number of carbonyl (C=O) groups is 1. The molecule has 2 heterocycles. The first-order valence-electron chi connectivity index (χ1n) is 11.0. The van der Waals surface area contributed by atoms with Crippen molar-refractivity contribution in [2.75, 3.05) is 56.6 Å². The summed E-state index contributed by atoms with van der Waals surface area (Å²) in [6.45, 7) is 4.58. The van der Waals surface area contributed by atoms with Gasteiger partial charge in [-0.15, -0.1) is 0 Å². The first kappa shape index (κ1) is 24.0. The molecule has 2 aromatic carbocycles. The van der Waals surface area contributed by atoms with Crippen molar-refractivity contribution in [3.63, 3.8) is 0 Å². The minimum absolute atomic E-state index is 0.0330. The number of morpholine rings is 1. The van der Waals surface area contributed by atoms with Gasteiger partial charge in [0.1, 0.15) is 18.2 Å². The lowest BCUT2D eigenvalue weighted by molar-refractivity contribution is -0.114. The Labute approximate surface area is 202 Å². The molecule has 180 valence electrons. The molecular formula is C24H27ClFN5O3. The minimum atomic E-state index is -0.330. The second-order valence-electron chi connectivity index (χ2n) is 7.89. The quantitative estimate of drug-likeness (QED) is 0.479. The summed E-state index contributed by atoms with van der Waals surface area (Å²) in [6, 6.07) is 11.3. The second kappa shape index (κ2) is 11.3. The summed E-state index contributed by atoms with van der Waals surface area (Å²) in [5.74, 6) is 0.0807. The third kappa shape index (κ3) is 6.25. The standard InChI is InChI=1S/C24H27ClFN5O3/c1-30-24(21(25)15-28-30)20-14-19(29-23(32)16-27-18-4-2-17(26)3-5-18)6-7-22(20)34-13-10-31-8-11-33-12-9-31/h2-7,14-15,27H,8-13,16H2,1H3,(H,29,32). The third-order valence-corrected chi connectivity index (χ3v) is 5.76. The molecule has 8 nitrogen and oxygen atoms in total. The molecule has 0 radical (unpaired) electrons. The number of anilines is 2. The van der Waals surface area contributed by atoms with Crippen LogP contribution in [0.3, 0.4) is 0 Å². The summed E-state index contributed by atoms with van der Waals surface area (Å²) in [5.41, 5.74) is 2.68. The van der Waals surface area contributed by atoms with E-state index in [9.17, 15) is 9.18 Å². The third-order valence-electron chi connectivity index (χ3n) is 5.48. The Morgan fingerprint density at radius 3 is 2.62 bits per heavy atom. The highest BCUT2D eigenvalue weighted by Gasteiger charge is 2.17. The highest BCUT2D eigenvalue weighted by molar-refractivity contribution is 6.33. The largest absolute Gasteiger partial charge is 0.492 e. The van der Waals surface area contributed by atoms with Gasteiger partial charge >= 0.3 is 0 Å². The summed E-state index contributed by atoms with van der Waals surface area (Å²) >= 11 is 6.41. The Morgan fingerprint density at radius 1 is 1.18 bits per heavy atom. The monoisotopic (exact) mass is 487 g/mol. The van der Waals surface area contributed by atoms with Gasteiger partial charge in [-0.25, -0.2) is 4.39 Å². The molecular weight excluding hydrogens is 461 g/mol. The molecule has 0 bridgehead atoms. The Bertz CT molecular complexity index is 1100. The molecule has 1 aliphatic heterocycles. The van der Waals surface area contributed by atoms with E-state index in [4.69, 9.17) is 21.1 Å². The van der Waals surface area contributed by atoms with Crippen molar-refractivity contribution in [1.82, 2.24) is 14.7 Å². The van der Waals surface area contributed by atoms with Crippen molar-refractivity contribution in [3.05, 3.63) is 59.5 Å². The average Bonchev–Trinajstić information content (AvgIpc) is 3.18. The van der Waals surface area contributed by atoms with Crippen LogP contribution in [0, 0.1) is 5.82 Å². The molecule has 34 heavy (non-hydrogen) atoms. The smallest absolute Gasteiger partial charge is 0.243 e. The predicted octanol–water partition coefficient (Wildman–Crippen LogP) is 3.64. The van der Waals surface area contributed by atoms with Crippen LogP contribution in [0.1, 0.15) is 0 Å². The summed E-state index contributed by atoms with van der Waals surface area (Å²) in [5, 5.41) is 10.6. The number of nitrogens with zero attached hydrogens (tertiary/aromatic N) is 3. The molecule has 10 heteroatoms. The highest BCUT2D eigenvalue weighted by Crippen LogP contribution is 2.36. The van der Waals surface area contributed by atoms with Crippen molar-refractivity contribution >= 4 is 28.9 Å². The molecule has 0 unspecified atom stereocenters. The average molecular weight is 488 g/mol. The van der Waals surface area contributed by atoms with Crippen molar-refractivity contribution < 1.29 is 18.7 Å². The predicted molar refractivity (Wildman–Crippen MR) is 130 cm³/mol. The number of amides is 1. The molecule has 0 atom stereocenters. The second-order valence-corrected chi connectivity index (χ2v) is 8.29. The van der Waals surface area contributed by atoms with Crippen molar-refractivity contribution in [3.8, 4) is 17.0 Å². The van der Waals surface area contributed by atoms with Crippen LogP contribution in [0.25, 0.3) is 11.3 Å². The lowest BCUT2D eigenvalue weighted by Gasteiger charge is -2.26. The van der Waals surface area contributed by atoms with Gasteiger partial charge in [-0.05, 0) is 42.5 Å². The van der Waals surface area contributed by atoms with Crippen LogP contribution in [0.15, 0.2) is 48.7 Å². The number of hydrogen-bond donors (Lipinski definition) is 2. The van der Waals surface area contributed by atoms with E-state index in [2.05, 4.69) is 20.6 Å². The minimum Gasteiger partial charge on any atom is -0.492 e. The molecule has 1 saturated heterocycles. The number of carbonyl (C=O) groups excluding carboxylic acids is 1. The molecule has 0 aliphatic carbocycles. The lowest BCUT2D eigenvalue weighted by atomic mass is 10.1. The number of aryl methyl sites for hydroxylation is 1. The summed E-state index contributed by atoms with van der Waals surface area (Å²) in [4.78, 5) is 14.8. The van der Waals surface area contributed by atoms with E-state index in [0.29, 0.717) is 34.4 Å². The number of halogens is 2. The first-order valence-corrected chi connectivity index (χ1v) is 11.4. The van der Waals surface area contributed by atoms with Gasteiger partial charge in [-0.1, -0.05) is 11.6 Å². The van der Waals surface area contributed by atoms with E-state index in [0.717, 1.165) is 38.4 Å². The molecule has 0 saturated carbocycles. The Kier molecular flexibility index (Phi) is 7.99. The maximum atomic E-state index is 13.0. The molecule has 3 aromatic rings. The molecule has 1 amide bonds. The topological polar surface area (TPSA) is 80.7 Å². The van der Waals surface area contributed by atoms with Crippen LogP contribution in [0.5, 0.6) is 5.75 Å². The van der Waals surface area contributed by atoms with Gasteiger partial charge in [0.05, 0.1) is 36.7 Å². The van der Waals surface area contributed by atoms with Gasteiger partial charge in [0.2, 0.25) is 5.91 Å².